The van der Waals surface area contributed by atoms with E-state index in [1.165, 1.54) is 87.1 Å². The Morgan fingerprint density at radius 3 is 1.58 bits per heavy atom. The summed E-state index contributed by atoms with van der Waals surface area (Å²) in [5.74, 6) is -8.63. The lowest BCUT2D eigenvalue weighted by atomic mass is 9.85. The topological polar surface area (TPSA) is 242 Å². The summed E-state index contributed by atoms with van der Waals surface area (Å²) in [5.41, 5.74) is -4.11. The Hall–Kier alpha value is -6.83. The minimum absolute atomic E-state index is 0.113. The van der Waals surface area contributed by atoms with Crippen LogP contribution < -0.4 is 5.32 Å². The number of carboxylic acids is 4. The largest absolute Gasteiger partial charge is 0.513 e. The number of carboxylic acid groups (broad SMARTS) is 5. The summed E-state index contributed by atoms with van der Waals surface area (Å²) >= 11 is 0. The first kappa shape index (κ1) is 40.6. The molecule has 0 aliphatic heterocycles. The number of aromatic carboxylic acids is 4. The number of nitrogens with one attached hydrogen (secondary N) is 1. The maximum absolute atomic E-state index is 13.7. The lowest BCUT2D eigenvalue weighted by molar-refractivity contribution is 0.0506. The van der Waals surface area contributed by atoms with E-state index in [0.29, 0.717) is 0 Å². The van der Waals surface area contributed by atoms with Gasteiger partial charge in [-0.05, 0) is 53.1 Å². The third-order valence-electron chi connectivity index (χ3n) is 7.90. The molecule has 0 fully saturated rings. The number of hydrogen-bond donors (Lipinski definition) is 6. The summed E-state index contributed by atoms with van der Waals surface area (Å²) in [5, 5.41) is 50.4. The highest BCUT2D eigenvalue weighted by molar-refractivity contribution is 6.17. The number of anilines is 1. The summed E-state index contributed by atoms with van der Waals surface area (Å²) in [6.45, 7) is 4.51. The Kier molecular flexibility index (Phi) is 14.5. The SMILES string of the molecule is CCCCCCCC.O=C(O)OC(=O)c1ccccc1-c1ccc(C(=O)Nc2ccc(C(=O)O)c(C(=O)O)c2)c(-c2ccccc2C(=O)O)c1C(=O)O. The van der Waals surface area contributed by atoms with E-state index in [1.54, 1.807) is 0 Å². The van der Waals surface area contributed by atoms with Crippen molar-refractivity contribution in [3.63, 3.8) is 0 Å². The predicted molar refractivity (Wildman–Crippen MR) is 192 cm³/mol. The van der Waals surface area contributed by atoms with E-state index < -0.39 is 75.3 Å². The quantitative estimate of drug-likeness (QED) is 0.0407. The molecule has 6 N–H and O–H groups in total. The Bertz CT molecular complexity index is 2050. The van der Waals surface area contributed by atoms with Crippen molar-refractivity contribution in [3.8, 4) is 22.3 Å². The van der Waals surface area contributed by atoms with Crippen LogP contribution >= 0.6 is 0 Å². The van der Waals surface area contributed by atoms with Gasteiger partial charge in [0.15, 0.2) is 0 Å². The summed E-state index contributed by atoms with van der Waals surface area (Å²) in [4.78, 5) is 85.4. The first-order valence-electron chi connectivity index (χ1n) is 16.4. The van der Waals surface area contributed by atoms with E-state index in [2.05, 4.69) is 23.9 Å². The molecule has 0 saturated carbocycles. The molecular formula is C39H37NO13. The minimum Gasteiger partial charge on any atom is -0.478 e. The van der Waals surface area contributed by atoms with Crippen LogP contribution in [0.25, 0.3) is 22.3 Å². The van der Waals surface area contributed by atoms with Gasteiger partial charge in [-0.2, -0.15) is 0 Å². The number of ether oxygens (including phenoxy) is 1. The number of rotatable bonds is 14. The monoisotopic (exact) mass is 727 g/mol. The summed E-state index contributed by atoms with van der Waals surface area (Å²) in [7, 11) is 0. The van der Waals surface area contributed by atoms with Crippen LogP contribution in [0.4, 0.5) is 10.5 Å². The number of esters is 1. The molecule has 1 amide bonds. The second kappa shape index (κ2) is 19.0. The van der Waals surface area contributed by atoms with Crippen molar-refractivity contribution in [2.45, 2.75) is 52.4 Å². The van der Waals surface area contributed by atoms with E-state index in [4.69, 9.17) is 5.11 Å². The van der Waals surface area contributed by atoms with Crippen LogP contribution in [0.5, 0.6) is 0 Å². The zero-order valence-electron chi connectivity index (χ0n) is 28.8. The molecule has 0 radical (unpaired) electrons. The zero-order valence-corrected chi connectivity index (χ0v) is 28.8. The zero-order chi connectivity index (χ0) is 39.2. The maximum atomic E-state index is 13.7. The normalized spacial score (nSPS) is 10.3. The third-order valence-corrected chi connectivity index (χ3v) is 7.90. The van der Waals surface area contributed by atoms with E-state index in [-0.39, 0.29) is 27.9 Å². The molecule has 0 spiro atoms. The van der Waals surface area contributed by atoms with Crippen molar-refractivity contribution < 1.29 is 63.8 Å². The van der Waals surface area contributed by atoms with Gasteiger partial charge >= 0.3 is 36.0 Å². The fraction of sp³-hybridized carbons (Fsp3) is 0.205. The smallest absolute Gasteiger partial charge is 0.478 e. The van der Waals surface area contributed by atoms with Crippen LogP contribution in [0.2, 0.25) is 0 Å². The minimum atomic E-state index is -1.92. The average Bonchev–Trinajstić information content (AvgIpc) is 3.12. The van der Waals surface area contributed by atoms with Gasteiger partial charge in [0.25, 0.3) is 5.91 Å². The van der Waals surface area contributed by atoms with E-state index in [0.717, 1.165) is 30.3 Å². The van der Waals surface area contributed by atoms with Crippen molar-refractivity contribution in [1.29, 1.82) is 0 Å². The standard InChI is InChI=1S/C31H19NO13.C8H18/c33-25(32-14-9-10-19(27(36)37)22(13-14)28(38)39)21-12-11-17(15-5-1-4-8-20(15)30(42)45-31(43)44)24(29(40)41)23(21)16-6-2-3-7-18(16)26(34)35;1-3-5-7-8-6-4-2/h1-13H,(H,32,33)(H,34,35)(H,36,37)(H,38,39)(H,40,41)(H,43,44);3-8H2,1-2H3. The Morgan fingerprint density at radius 1 is 0.528 bits per heavy atom. The molecule has 0 unspecified atom stereocenters. The molecule has 0 bridgehead atoms. The van der Waals surface area contributed by atoms with Gasteiger partial charge in [-0.15, -0.1) is 0 Å². The number of unbranched alkanes of at least 4 members (excludes halogenated alkanes) is 5. The van der Waals surface area contributed by atoms with Crippen molar-refractivity contribution >= 4 is 47.6 Å². The Labute approximate surface area is 303 Å². The molecule has 14 heteroatoms. The van der Waals surface area contributed by atoms with Crippen molar-refractivity contribution in [3.05, 3.63) is 112 Å². The fourth-order valence-corrected chi connectivity index (χ4v) is 5.47. The van der Waals surface area contributed by atoms with Gasteiger partial charge in [0.1, 0.15) is 0 Å². The van der Waals surface area contributed by atoms with Gasteiger partial charge in [0.05, 0.1) is 27.8 Å². The summed E-state index contributed by atoms with van der Waals surface area (Å²) in [6, 6.07) is 15.7. The number of hydrogen-bond acceptors (Lipinski definition) is 8. The van der Waals surface area contributed by atoms with Gasteiger partial charge < -0.3 is 35.6 Å². The second-order valence-electron chi connectivity index (χ2n) is 11.5. The molecule has 14 nitrogen and oxygen atoms in total. The third kappa shape index (κ3) is 10.4. The molecule has 53 heavy (non-hydrogen) atoms. The highest BCUT2D eigenvalue weighted by atomic mass is 16.7. The lowest BCUT2D eigenvalue weighted by Crippen LogP contribution is -2.18. The predicted octanol–water partition coefficient (Wildman–Crippen LogP) is 8.27. The molecular weight excluding hydrogens is 690 g/mol. The molecule has 0 aliphatic carbocycles. The van der Waals surface area contributed by atoms with E-state index in [1.807, 2.05) is 0 Å². The van der Waals surface area contributed by atoms with Gasteiger partial charge in [-0.3, -0.25) is 4.79 Å². The molecule has 0 atom stereocenters. The van der Waals surface area contributed by atoms with Gasteiger partial charge in [0.2, 0.25) is 0 Å². The van der Waals surface area contributed by atoms with Crippen LogP contribution in [0, 0.1) is 0 Å². The van der Waals surface area contributed by atoms with Crippen LogP contribution in [0.1, 0.15) is 115 Å². The second-order valence-corrected chi connectivity index (χ2v) is 11.5. The van der Waals surface area contributed by atoms with E-state index in [9.17, 15) is 54.0 Å². The summed E-state index contributed by atoms with van der Waals surface area (Å²) in [6.07, 6.45) is 6.57. The molecule has 0 saturated heterocycles. The highest BCUT2D eigenvalue weighted by Gasteiger charge is 2.29. The number of benzene rings is 4. The average molecular weight is 728 g/mol. The van der Waals surface area contributed by atoms with Gasteiger partial charge in [0, 0.05) is 16.8 Å². The molecule has 4 aromatic carbocycles. The number of amides is 1. The van der Waals surface area contributed by atoms with Crippen LogP contribution in [0.3, 0.4) is 0 Å². The van der Waals surface area contributed by atoms with E-state index >= 15 is 0 Å². The number of carbonyl (C=O) groups excluding carboxylic acids is 2. The van der Waals surface area contributed by atoms with Crippen molar-refractivity contribution in [1.82, 2.24) is 0 Å². The molecule has 0 heterocycles. The molecule has 0 aliphatic rings. The highest BCUT2D eigenvalue weighted by Crippen LogP contribution is 2.39. The Morgan fingerprint density at radius 2 is 1.06 bits per heavy atom. The van der Waals surface area contributed by atoms with Crippen LogP contribution in [0.15, 0.2) is 78.9 Å². The maximum Gasteiger partial charge on any atom is 0.513 e. The Balaban J connectivity index is 0.000000846. The van der Waals surface area contributed by atoms with Crippen molar-refractivity contribution in [2.75, 3.05) is 5.32 Å². The molecule has 0 aromatic heterocycles. The van der Waals surface area contributed by atoms with Crippen LogP contribution in [-0.4, -0.2) is 67.4 Å². The van der Waals surface area contributed by atoms with Gasteiger partial charge in [-0.1, -0.05) is 94.8 Å². The van der Waals surface area contributed by atoms with Gasteiger partial charge in [-0.25, -0.2) is 28.8 Å². The fourth-order valence-electron chi connectivity index (χ4n) is 5.47. The first-order valence-corrected chi connectivity index (χ1v) is 16.4. The lowest BCUT2D eigenvalue weighted by Gasteiger charge is -2.19. The van der Waals surface area contributed by atoms with Crippen LogP contribution in [-0.2, 0) is 4.74 Å². The molecule has 4 aromatic rings. The van der Waals surface area contributed by atoms with Crippen molar-refractivity contribution in [2.24, 2.45) is 0 Å². The first-order chi connectivity index (χ1) is 25.2. The molecule has 276 valence electrons. The summed E-state index contributed by atoms with van der Waals surface area (Å²) < 4.78 is 4.25. The molecule has 4 rings (SSSR count). The number of carbonyl (C=O) groups is 7.